The van der Waals surface area contributed by atoms with Gasteiger partial charge in [0.2, 0.25) is 0 Å². The van der Waals surface area contributed by atoms with E-state index in [1.54, 1.807) is 0 Å². The van der Waals surface area contributed by atoms with Crippen LogP contribution in [0.1, 0.15) is 51.9 Å². The van der Waals surface area contributed by atoms with E-state index in [9.17, 15) is 15.3 Å². The quantitative estimate of drug-likeness (QED) is 0.474. The van der Waals surface area contributed by atoms with Crippen molar-refractivity contribution in [2.45, 2.75) is 69.7 Å². The van der Waals surface area contributed by atoms with Crippen molar-refractivity contribution in [3.8, 4) is 12.3 Å². The van der Waals surface area contributed by atoms with Crippen molar-refractivity contribution < 1.29 is 15.3 Å². The number of aliphatic hydroxyl groups excluding tert-OH is 2. The molecule has 0 aromatic carbocycles. The number of rotatable bonds is 0. The summed E-state index contributed by atoms with van der Waals surface area (Å²) in [5.41, 5.74) is -0.0234. The molecule has 0 heterocycles. The van der Waals surface area contributed by atoms with Gasteiger partial charge in [-0.3, -0.25) is 0 Å². The first-order valence-electron chi connectivity index (χ1n) is 9.16. The molecule has 4 rings (SSSR count). The van der Waals surface area contributed by atoms with E-state index in [4.69, 9.17) is 6.42 Å². The van der Waals surface area contributed by atoms with E-state index in [1.807, 2.05) is 6.08 Å². The SMILES string of the molecule is C#C[C@]1(O)CCC2C3C(O)C=C4C[C@H](O)CC[C@@H]4C3CC[C@@]21C. The molecule has 0 bridgehead atoms. The Morgan fingerprint density at radius 1 is 1.17 bits per heavy atom. The van der Waals surface area contributed by atoms with Gasteiger partial charge in [0.05, 0.1) is 12.2 Å². The summed E-state index contributed by atoms with van der Waals surface area (Å²) < 4.78 is 0. The first kappa shape index (κ1) is 15.7. The van der Waals surface area contributed by atoms with E-state index >= 15 is 0 Å². The van der Waals surface area contributed by atoms with Gasteiger partial charge in [-0.2, -0.15) is 0 Å². The number of terminal acetylenes is 1. The molecule has 3 fully saturated rings. The molecule has 0 aliphatic heterocycles. The van der Waals surface area contributed by atoms with E-state index in [2.05, 4.69) is 12.8 Å². The first-order valence-corrected chi connectivity index (χ1v) is 9.16. The third kappa shape index (κ3) is 2.02. The van der Waals surface area contributed by atoms with Crippen LogP contribution in [0.15, 0.2) is 11.6 Å². The maximum absolute atomic E-state index is 10.9. The van der Waals surface area contributed by atoms with E-state index in [1.165, 1.54) is 5.57 Å². The average molecular weight is 316 g/mol. The topological polar surface area (TPSA) is 60.7 Å². The van der Waals surface area contributed by atoms with Crippen molar-refractivity contribution in [1.29, 1.82) is 0 Å². The molecule has 8 atom stereocenters. The van der Waals surface area contributed by atoms with Crippen LogP contribution >= 0.6 is 0 Å². The maximum atomic E-state index is 10.9. The summed E-state index contributed by atoms with van der Waals surface area (Å²) in [5, 5.41) is 31.7. The Kier molecular flexibility index (Phi) is 3.47. The van der Waals surface area contributed by atoms with Crippen LogP contribution in [0.25, 0.3) is 0 Å². The van der Waals surface area contributed by atoms with Gasteiger partial charge >= 0.3 is 0 Å². The Bertz CT molecular complexity index is 576. The molecule has 3 nitrogen and oxygen atoms in total. The van der Waals surface area contributed by atoms with Gasteiger partial charge in [-0.05, 0) is 68.6 Å². The summed E-state index contributed by atoms with van der Waals surface area (Å²) in [6, 6.07) is 0. The molecule has 0 spiro atoms. The second kappa shape index (κ2) is 5.09. The lowest BCUT2D eigenvalue weighted by atomic mass is 9.50. The fraction of sp³-hybridized carbons (Fsp3) is 0.800. The second-order valence-electron chi connectivity index (χ2n) is 8.62. The van der Waals surface area contributed by atoms with Crippen LogP contribution in [0.2, 0.25) is 0 Å². The van der Waals surface area contributed by atoms with Crippen LogP contribution in [-0.4, -0.2) is 33.1 Å². The lowest BCUT2D eigenvalue weighted by molar-refractivity contribution is -0.107. The minimum Gasteiger partial charge on any atom is -0.393 e. The Hall–Kier alpha value is -0.820. The molecule has 23 heavy (non-hydrogen) atoms. The van der Waals surface area contributed by atoms with Gasteiger partial charge in [-0.25, -0.2) is 0 Å². The molecule has 0 aromatic rings. The summed E-state index contributed by atoms with van der Waals surface area (Å²) >= 11 is 0. The van der Waals surface area contributed by atoms with Gasteiger partial charge in [0.1, 0.15) is 5.60 Å². The highest BCUT2D eigenvalue weighted by Crippen LogP contribution is 2.64. The summed E-state index contributed by atoms with van der Waals surface area (Å²) in [5.74, 6) is 4.17. The summed E-state index contributed by atoms with van der Waals surface area (Å²) in [6.07, 6.45) is 13.2. The van der Waals surface area contributed by atoms with Crippen LogP contribution in [0.4, 0.5) is 0 Å². The zero-order valence-corrected chi connectivity index (χ0v) is 13.9. The largest absolute Gasteiger partial charge is 0.393 e. The number of fused-ring (bicyclic) bond motifs is 5. The minimum absolute atomic E-state index is 0.208. The normalized spacial score (nSPS) is 55.2. The lowest BCUT2D eigenvalue weighted by Gasteiger charge is -2.55. The third-order valence-corrected chi connectivity index (χ3v) is 7.83. The molecular formula is C20H28O3. The van der Waals surface area contributed by atoms with Gasteiger partial charge in [-0.1, -0.05) is 24.5 Å². The van der Waals surface area contributed by atoms with E-state index in [0.29, 0.717) is 24.2 Å². The second-order valence-corrected chi connectivity index (χ2v) is 8.62. The van der Waals surface area contributed by atoms with Crippen LogP contribution in [0.5, 0.6) is 0 Å². The third-order valence-electron chi connectivity index (χ3n) is 7.83. The molecular weight excluding hydrogens is 288 g/mol. The number of hydrogen-bond acceptors (Lipinski definition) is 3. The Labute approximate surface area is 138 Å². The van der Waals surface area contributed by atoms with Crippen molar-refractivity contribution in [1.82, 2.24) is 0 Å². The molecule has 4 aliphatic carbocycles. The van der Waals surface area contributed by atoms with Gasteiger partial charge < -0.3 is 15.3 Å². The van der Waals surface area contributed by atoms with Crippen LogP contribution in [0, 0.1) is 41.4 Å². The molecule has 4 unspecified atom stereocenters. The molecule has 3 heteroatoms. The number of aliphatic hydroxyl groups is 3. The average Bonchev–Trinajstić information content (AvgIpc) is 2.79. The van der Waals surface area contributed by atoms with Crippen LogP contribution in [0.3, 0.4) is 0 Å². The van der Waals surface area contributed by atoms with Crippen LogP contribution < -0.4 is 0 Å². The molecule has 0 amide bonds. The molecule has 3 N–H and O–H groups in total. The van der Waals surface area contributed by atoms with Crippen molar-refractivity contribution >= 4 is 0 Å². The smallest absolute Gasteiger partial charge is 0.130 e. The van der Waals surface area contributed by atoms with Gasteiger partial charge in [0.25, 0.3) is 0 Å². The Morgan fingerprint density at radius 2 is 1.96 bits per heavy atom. The number of hydrogen-bond donors (Lipinski definition) is 3. The predicted molar refractivity (Wildman–Crippen MR) is 88.3 cm³/mol. The lowest BCUT2D eigenvalue weighted by Crippen LogP contribution is -2.55. The molecule has 126 valence electrons. The highest BCUT2D eigenvalue weighted by Gasteiger charge is 2.63. The molecule has 0 aromatic heterocycles. The van der Waals surface area contributed by atoms with Gasteiger partial charge in [-0.15, -0.1) is 6.42 Å². The monoisotopic (exact) mass is 316 g/mol. The highest BCUT2D eigenvalue weighted by atomic mass is 16.3. The van der Waals surface area contributed by atoms with Crippen molar-refractivity contribution in [2.24, 2.45) is 29.1 Å². The molecule has 3 saturated carbocycles. The fourth-order valence-electron chi connectivity index (χ4n) is 6.53. The van der Waals surface area contributed by atoms with Gasteiger partial charge in [0.15, 0.2) is 0 Å². The summed E-state index contributed by atoms with van der Waals surface area (Å²) in [6.45, 7) is 2.14. The molecule has 0 saturated heterocycles. The first-order chi connectivity index (χ1) is 10.9. The van der Waals surface area contributed by atoms with E-state index in [0.717, 1.165) is 38.5 Å². The Morgan fingerprint density at radius 3 is 2.70 bits per heavy atom. The standard InChI is InChI=1S/C20H28O3/c1-3-20(23)9-7-16-18-15(6-8-19(16,20)2)14-5-4-13(21)10-12(14)11-17(18)22/h1,11,13-18,21-23H,4-10H2,2H3/t13-,14+,15?,16?,17?,18?,19+,20+/m1/s1. The highest BCUT2D eigenvalue weighted by molar-refractivity contribution is 5.27. The zero-order valence-electron chi connectivity index (χ0n) is 13.9. The van der Waals surface area contributed by atoms with E-state index in [-0.39, 0.29) is 17.4 Å². The van der Waals surface area contributed by atoms with Crippen molar-refractivity contribution in [3.63, 3.8) is 0 Å². The maximum Gasteiger partial charge on any atom is 0.130 e. The van der Waals surface area contributed by atoms with Crippen LogP contribution in [-0.2, 0) is 0 Å². The van der Waals surface area contributed by atoms with E-state index < -0.39 is 11.7 Å². The molecule has 0 radical (unpaired) electrons. The van der Waals surface area contributed by atoms with Crippen molar-refractivity contribution in [3.05, 3.63) is 11.6 Å². The minimum atomic E-state index is -1.02. The van der Waals surface area contributed by atoms with Crippen molar-refractivity contribution in [2.75, 3.05) is 0 Å². The predicted octanol–water partition coefficient (Wildman–Crippen LogP) is 2.26. The Balaban J connectivity index is 1.70. The van der Waals surface area contributed by atoms with Gasteiger partial charge in [0, 0.05) is 5.41 Å². The summed E-state index contributed by atoms with van der Waals surface area (Å²) in [4.78, 5) is 0. The fourth-order valence-corrected chi connectivity index (χ4v) is 6.53. The zero-order chi connectivity index (χ0) is 16.4. The molecule has 4 aliphatic rings. The summed E-state index contributed by atoms with van der Waals surface area (Å²) in [7, 11) is 0.